The van der Waals surface area contributed by atoms with Gasteiger partial charge in [-0.05, 0) is 50.2 Å². The van der Waals surface area contributed by atoms with E-state index in [0.717, 1.165) is 5.56 Å². The molecule has 0 spiro atoms. The van der Waals surface area contributed by atoms with Gasteiger partial charge in [0, 0.05) is 17.3 Å². The molecule has 5 rings (SSSR count). The Morgan fingerprint density at radius 2 is 1.83 bits per heavy atom. The fourth-order valence-corrected chi connectivity index (χ4v) is 3.84. The number of amides is 1. The van der Waals surface area contributed by atoms with Crippen LogP contribution in [0.4, 0.5) is 5.69 Å². The van der Waals surface area contributed by atoms with Crippen molar-refractivity contribution in [3.63, 3.8) is 0 Å². The Hall–Kier alpha value is -4.40. The maximum atomic E-state index is 13.1. The highest BCUT2D eigenvalue weighted by atomic mass is 16.6. The van der Waals surface area contributed by atoms with Crippen LogP contribution in [0.5, 0.6) is 11.5 Å². The van der Waals surface area contributed by atoms with Crippen molar-refractivity contribution in [1.82, 2.24) is 14.8 Å². The summed E-state index contributed by atoms with van der Waals surface area (Å²) in [7, 11) is 0. The van der Waals surface area contributed by atoms with Gasteiger partial charge in [0.15, 0.2) is 23.8 Å². The smallest absolute Gasteiger partial charge is 0.339 e. The van der Waals surface area contributed by atoms with Crippen molar-refractivity contribution in [3.05, 3.63) is 66.4 Å². The van der Waals surface area contributed by atoms with Gasteiger partial charge in [-0.2, -0.15) is 5.10 Å². The number of hydrogen-bond acceptors (Lipinski definition) is 7. The Bertz CT molecular complexity index is 1400. The Morgan fingerprint density at radius 3 is 2.60 bits per heavy atom. The number of anilines is 1. The Balaban J connectivity index is 1.46. The summed E-state index contributed by atoms with van der Waals surface area (Å²) in [6, 6.07) is 16.2. The number of carbonyl (C=O) groups excluding carboxylic acids is 2. The van der Waals surface area contributed by atoms with Crippen LogP contribution >= 0.6 is 0 Å². The minimum atomic E-state index is -0.636. The van der Waals surface area contributed by atoms with E-state index in [1.54, 1.807) is 41.2 Å². The van der Waals surface area contributed by atoms with E-state index in [9.17, 15) is 9.59 Å². The standard InChI is InChI=1S/C26H24N4O5/c1-16(2)30-25-20(14-27-30)19(26(32)35-15-24(31)28-18-6-4-3-5-7-18)13-21(29-25)17-8-9-22-23(12-17)34-11-10-33-22/h3-9,12-14,16H,10-11,15H2,1-2H3,(H,28,31). The predicted octanol–water partition coefficient (Wildman–Crippen LogP) is 4.25. The van der Waals surface area contributed by atoms with Gasteiger partial charge < -0.3 is 19.5 Å². The zero-order valence-electron chi connectivity index (χ0n) is 19.4. The summed E-state index contributed by atoms with van der Waals surface area (Å²) in [5, 5.41) is 7.67. The molecule has 2 aromatic carbocycles. The molecule has 0 radical (unpaired) electrons. The molecular formula is C26H24N4O5. The average molecular weight is 473 g/mol. The number of aromatic nitrogens is 3. The molecule has 0 fully saturated rings. The highest BCUT2D eigenvalue weighted by Gasteiger charge is 2.21. The Labute approximate surface area is 201 Å². The van der Waals surface area contributed by atoms with Crippen molar-refractivity contribution in [3.8, 4) is 22.8 Å². The topological polar surface area (TPSA) is 105 Å². The van der Waals surface area contributed by atoms with Gasteiger partial charge in [-0.25, -0.2) is 14.5 Å². The molecule has 0 bridgehead atoms. The first-order valence-electron chi connectivity index (χ1n) is 11.3. The molecule has 4 aromatic rings. The number of para-hydroxylation sites is 1. The molecule has 178 valence electrons. The van der Waals surface area contributed by atoms with Gasteiger partial charge in [-0.3, -0.25) is 4.79 Å². The minimum Gasteiger partial charge on any atom is -0.486 e. The van der Waals surface area contributed by atoms with Gasteiger partial charge in [0.2, 0.25) is 0 Å². The van der Waals surface area contributed by atoms with Crippen molar-refractivity contribution in [1.29, 1.82) is 0 Å². The number of ether oxygens (including phenoxy) is 3. The van der Waals surface area contributed by atoms with E-state index in [4.69, 9.17) is 19.2 Å². The van der Waals surface area contributed by atoms with E-state index < -0.39 is 18.5 Å². The highest BCUT2D eigenvalue weighted by Crippen LogP contribution is 2.35. The summed E-state index contributed by atoms with van der Waals surface area (Å²) < 4.78 is 18.4. The first-order valence-corrected chi connectivity index (χ1v) is 11.3. The van der Waals surface area contributed by atoms with Crippen LogP contribution in [-0.2, 0) is 9.53 Å². The second-order valence-corrected chi connectivity index (χ2v) is 8.32. The van der Waals surface area contributed by atoms with E-state index in [-0.39, 0.29) is 11.6 Å². The van der Waals surface area contributed by atoms with Crippen molar-refractivity contribution >= 4 is 28.6 Å². The lowest BCUT2D eigenvalue weighted by Crippen LogP contribution is -2.21. The molecule has 1 aliphatic heterocycles. The number of fused-ring (bicyclic) bond motifs is 2. The third-order valence-corrected chi connectivity index (χ3v) is 5.51. The summed E-state index contributed by atoms with van der Waals surface area (Å²) in [5.74, 6) is 0.217. The van der Waals surface area contributed by atoms with Gasteiger partial charge in [0.25, 0.3) is 5.91 Å². The van der Waals surface area contributed by atoms with Gasteiger partial charge >= 0.3 is 5.97 Å². The summed E-state index contributed by atoms with van der Waals surface area (Å²) in [6.45, 7) is 4.51. The number of pyridine rings is 1. The number of esters is 1. The molecule has 1 aliphatic rings. The molecule has 0 unspecified atom stereocenters. The normalized spacial score (nSPS) is 12.5. The van der Waals surface area contributed by atoms with Gasteiger partial charge in [-0.15, -0.1) is 0 Å². The summed E-state index contributed by atoms with van der Waals surface area (Å²) in [5.41, 5.74) is 2.76. The SMILES string of the molecule is CC(C)n1ncc2c(C(=O)OCC(=O)Nc3ccccc3)cc(-c3ccc4c(c3)OCCO4)nc21. The van der Waals surface area contributed by atoms with E-state index in [1.807, 2.05) is 38.1 Å². The molecule has 0 atom stereocenters. The largest absolute Gasteiger partial charge is 0.486 e. The maximum absolute atomic E-state index is 13.1. The second-order valence-electron chi connectivity index (χ2n) is 8.32. The van der Waals surface area contributed by atoms with Crippen LogP contribution in [0.1, 0.15) is 30.2 Å². The van der Waals surface area contributed by atoms with Crippen LogP contribution in [0, 0.1) is 0 Å². The number of nitrogens with zero attached hydrogens (tertiary/aromatic N) is 3. The number of nitrogens with one attached hydrogen (secondary N) is 1. The fourth-order valence-electron chi connectivity index (χ4n) is 3.84. The Kier molecular flexibility index (Phi) is 6.05. The molecule has 9 heteroatoms. The van der Waals surface area contributed by atoms with Crippen molar-refractivity contribution in [2.45, 2.75) is 19.9 Å². The van der Waals surface area contributed by atoms with Crippen LogP contribution in [0.2, 0.25) is 0 Å². The van der Waals surface area contributed by atoms with Gasteiger partial charge in [-0.1, -0.05) is 18.2 Å². The van der Waals surface area contributed by atoms with E-state index in [1.165, 1.54) is 0 Å². The molecule has 0 aliphatic carbocycles. The molecule has 0 saturated carbocycles. The highest BCUT2D eigenvalue weighted by molar-refractivity contribution is 6.05. The lowest BCUT2D eigenvalue weighted by molar-refractivity contribution is -0.119. The summed E-state index contributed by atoms with van der Waals surface area (Å²) in [4.78, 5) is 30.2. The van der Waals surface area contributed by atoms with Crippen molar-refractivity contribution in [2.24, 2.45) is 0 Å². The van der Waals surface area contributed by atoms with E-state index >= 15 is 0 Å². The zero-order valence-corrected chi connectivity index (χ0v) is 19.4. The fraction of sp³-hybridized carbons (Fsp3) is 0.231. The van der Waals surface area contributed by atoms with E-state index in [0.29, 0.717) is 47.1 Å². The van der Waals surface area contributed by atoms with Crippen molar-refractivity contribution in [2.75, 3.05) is 25.1 Å². The predicted molar refractivity (Wildman–Crippen MR) is 130 cm³/mol. The Morgan fingerprint density at radius 1 is 1.06 bits per heavy atom. The minimum absolute atomic E-state index is 0.0241. The quantitative estimate of drug-likeness (QED) is 0.419. The lowest BCUT2D eigenvalue weighted by atomic mass is 10.1. The molecule has 3 heterocycles. The summed E-state index contributed by atoms with van der Waals surface area (Å²) in [6.07, 6.45) is 1.59. The third-order valence-electron chi connectivity index (χ3n) is 5.51. The molecule has 35 heavy (non-hydrogen) atoms. The maximum Gasteiger partial charge on any atom is 0.339 e. The van der Waals surface area contributed by atoms with Gasteiger partial charge in [0.05, 0.1) is 22.8 Å². The van der Waals surface area contributed by atoms with Crippen LogP contribution in [0.3, 0.4) is 0 Å². The monoisotopic (exact) mass is 472 g/mol. The molecule has 2 aromatic heterocycles. The lowest BCUT2D eigenvalue weighted by Gasteiger charge is -2.19. The van der Waals surface area contributed by atoms with Crippen LogP contribution in [-0.4, -0.2) is 46.5 Å². The average Bonchev–Trinajstić information content (AvgIpc) is 3.31. The third kappa shape index (κ3) is 4.65. The van der Waals surface area contributed by atoms with Gasteiger partial charge in [0.1, 0.15) is 13.2 Å². The first kappa shape index (κ1) is 22.4. The number of benzene rings is 2. The number of rotatable bonds is 6. The summed E-state index contributed by atoms with van der Waals surface area (Å²) >= 11 is 0. The van der Waals surface area contributed by atoms with Crippen LogP contribution in [0.25, 0.3) is 22.3 Å². The number of hydrogen-bond donors (Lipinski definition) is 1. The van der Waals surface area contributed by atoms with Crippen molar-refractivity contribution < 1.29 is 23.8 Å². The van der Waals surface area contributed by atoms with Crippen LogP contribution < -0.4 is 14.8 Å². The molecule has 9 nitrogen and oxygen atoms in total. The number of carbonyl (C=O) groups is 2. The molecular weight excluding hydrogens is 448 g/mol. The van der Waals surface area contributed by atoms with E-state index in [2.05, 4.69) is 10.4 Å². The molecule has 1 amide bonds. The first-order chi connectivity index (χ1) is 17.0. The molecule has 0 saturated heterocycles. The second kappa shape index (κ2) is 9.46. The molecule has 1 N–H and O–H groups in total. The van der Waals surface area contributed by atoms with Crippen LogP contribution in [0.15, 0.2) is 60.8 Å². The zero-order chi connectivity index (χ0) is 24.4.